The molecular formula is C20H19FN6O. The number of piperazine rings is 1. The fourth-order valence-corrected chi connectivity index (χ4v) is 3.03. The highest BCUT2D eigenvalue weighted by molar-refractivity contribution is 5.89. The second kappa shape index (κ2) is 7.99. The summed E-state index contributed by atoms with van der Waals surface area (Å²) in [7, 11) is 0. The lowest BCUT2D eigenvalue weighted by Gasteiger charge is -2.34. The first-order valence-corrected chi connectivity index (χ1v) is 8.99. The Morgan fingerprint density at radius 2 is 1.79 bits per heavy atom. The van der Waals surface area contributed by atoms with Gasteiger partial charge in [0.15, 0.2) is 0 Å². The lowest BCUT2D eigenvalue weighted by molar-refractivity contribution is 0.208. The minimum Gasteiger partial charge on any atom is -0.337 e. The van der Waals surface area contributed by atoms with Crippen LogP contribution in [0.4, 0.5) is 20.8 Å². The van der Waals surface area contributed by atoms with E-state index in [-0.39, 0.29) is 11.8 Å². The summed E-state index contributed by atoms with van der Waals surface area (Å²) in [6, 6.07) is 11.5. The molecule has 1 saturated heterocycles. The van der Waals surface area contributed by atoms with Crippen molar-refractivity contribution >= 4 is 17.7 Å². The zero-order chi connectivity index (χ0) is 19.3. The van der Waals surface area contributed by atoms with Gasteiger partial charge in [-0.2, -0.15) is 0 Å². The molecule has 7 nitrogen and oxygen atoms in total. The quantitative estimate of drug-likeness (QED) is 0.758. The van der Waals surface area contributed by atoms with E-state index in [1.807, 2.05) is 4.90 Å². The van der Waals surface area contributed by atoms with Crippen molar-refractivity contribution in [1.29, 1.82) is 0 Å². The van der Waals surface area contributed by atoms with Crippen molar-refractivity contribution in [2.45, 2.75) is 0 Å². The second-order valence-electron chi connectivity index (χ2n) is 6.39. The van der Waals surface area contributed by atoms with Crippen LogP contribution in [0.3, 0.4) is 0 Å². The lowest BCUT2D eigenvalue weighted by Crippen LogP contribution is -2.50. The Bertz CT molecular complexity index is 942. The van der Waals surface area contributed by atoms with Gasteiger partial charge < -0.3 is 15.1 Å². The van der Waals surface area contributed by atoms with Crippen molar-refractivity contribution < 1.29 is 9.18 Å². The Morgan fingerprint density at radius 1 is 1.00 bits per heavy atom. The summed E-state index contributed by atoms with van der Waals surface area (Å²) in [6.07, 6.45) is 4.97. The molecule has 0 bridgehead atoms. The molecule has 8 heteroatoms. The summed E-state index contributed by atoms with van der Waals surface area (Å²) in [5.74, 6) is 0.327. The maximum absolute atomic E-state index is 13.1. The van der Waals surface area contributed by atoms with E-state index < -0.39 is 0 Å². The van der Waals surface area contributed by atoms with Crippen molar-refractivity contribution in [3.63, 3.8) is 0 Å². The molecular weight excluding hydrogens is 359 g/mol. The van der Waals surface area contributed by atoms with Gasteiger partial charge in [0, 0.05) is 44.1 Å². The second-order valence-corrected chi connectivity index (χ2v) is 6.39. The summed E-state index contributed by atoms with van der Waals surface area (Å²) >= 11 is 0. The molecule has 0 aliphatic carbocycles. The number of pyridine rings is 1. The maximum atomic E-state index is 13.1. The van der Waals surface area contributed by atoms with E-state index in [0.717, 1.165) is 11.3 Å². The maximum Gasteiger partial charge on any atom is 0.322 e. The number of nitrogens with zero attached hydrogens (tertiary/aromatic N) is 5. The fraction of sp³-hybridized carbons (Fsp3) is 0.200. The molecule has 1 aliphatic heterocycles. The van der Waals surface area contributed by atoms with Gasteiger partial charge in [-0.1, -0.05) is 0 Å². The first-order valence-electron chi connectivity index (χ1n) is 8.99. The predicted molar refractivity (Wildman–Crippen MR) is 104 cm³/mol. The number of hydrogen-bond acceptors (Lipinski definition) is 5. The number of anilines is 2. The monoisotopic (exact) mass is 378 g/mol. The molecule has 1 N–H and O–H groups in total. The number of halogens is 1. The molecule has 142 valence electrons. The molecule has 0 radical (unpaired) electrons. The van der Waals surface area contributed by atoms with Gasteiger partial charge in [0.2, 0.25) is 5.95 Å². The summed E-state index contributed by atoms with van der Waals surface area (Å²) in [4.78, 5) is 29.1. The number of hydrogen-bond donors (Lipinski definition) is 1. The van der Waals surface area contributed by atoms with Gasteiger partial charge in [-0.05, 0) is 42.5 Å². The normalized spacial score (nSPS) is 14.0. The molecule has 4 rings (SSSR count). The van der Waals surface area contributed by atoms with Crippen LogP contribution in [0.2, 0.25) is 0 Å². The fourth-order valence-electron chi connectivity index (χ4n) is 3.03. The summed E-state index contributed by atoms with van der Waals surface area (Å²) in [5, 5.41) is 2.85. The van der Waals surface area contributed by atoms with Crippen molar-refractivity contribution in [3.8, 4) is 11.3 Å². The molecule has 0 atom stereocenters. The lowest BCUT2D eigenvalue weighted by atomic mass is 10.1. The Morgan fingerprint density at radius 3 is 2.50 bits per heavy atom. The highest BCUT2D eigenvalue weighted by atomic mass is 19.1. The number of aromatic nitrogens is 3. The third kappa shape index (κ3) is 4.06. The van der Waals surface area contributed by atoms with E-state index in [2.05, 4.69) is 20.3 Å². The van der Waals surface area contributed by atoms with Crippen LogP contribution < -0.4 is 10.2 Å². The molecule has 0 unspecified atom stereocenters. The highest BCUT2D eigenvalue weighted by Gasteiger charge is 2.23. The highest BCUT2D eigenvalue weighted by Crippen LogP contribution is 2.20. The van der Waals surface area contributed by atoms with E-state index in [1.165, 1.54) is 12.1 Å². The molecule has 28 heavy (non-hydrogen) atoms. The van der Waals surface area contributed by atoms with Gasteiger partial charge in [-0.25, -0.2) is 19.2 Å². The van der Waals surface area contributed by atoms with E-state index in [1.54, 1.807) is 53.8 Å². The minimum atomic E-state index is -0.279. The molecule has 1 fully saturated rings. The molecule has 1 aromatic carbocycles. The third-order valence-electron chi connectivity index (χ3n) is 4.55. The van der Waals surface area contributed by atoms with Crippen LogP contribution in [0.1, 0.15) is 0 Å². The molecule has 0 saturated carbocycles. The van der Waals surface area contributed by atoms with Gasteiger partial charge >= 0.3 is 6.03 Å². The smallest absolute Gasteiger partial charge is 0.322 e. The van der Waals surface area contributed by atoms with Crippen LogP contribution in [-0.4, -0.2) is 52.1 Å². The van der Waals surface area contributed by atoms with Crippen LogP contribution in [0.25, 0.3) is 11.3 Å². The first kappa shape index (κ1) is 17.8. The Kier molecular flexibility index (Phi) is 5.09. The standard InChI is InChI=1S/C20H19FN6O/c21-16-5-3-15(4-6-16)18-7-9-23-19(25-18)26-10-12-27(13-11-26)20(28)24-17-2-1-8-22-14-17/h1-9,14H,10-13H2,(H,24,28). The largest absolute Gasteiger partial charge is 0.337 e. The topological polar surface area (TPSA) is 74.2 Å². The molecule has 2 aromatic heterocycles. The molecule has 2 amide bonds. The van der Waals surface area contributed by atoms with E-state index in [0.29, 0.717) is 37.8 Å². The number of nitrogens with one attached hydrogen (secondary N) is 1. The number of amides is 2. The first-order chi connectivity index (χ1) is 13.7. The number of urea groups is 1. The minimum absolute atomic E-state index is 0.145. The van der Waals surface area contributed by atoms with Crippen LogP contribution in [0, 0.1) is 5.82 Å². The summed E-state index contributed by atoms with van der Waals surface area (Å²) in [5.41, 5.74) is 2.24. The van der Waals surface area contributed by atoms with E-state index >= 15 is 0 Å². The van der Waals surface area contributed by atoms with Crippen LogP contribution >= 0.6 is 0 Å². The SMILES string of the molecule is O=C(Nc1cccnc1)N1CCN(c2nccc(-c3ccc(F)cc3)n2)CC1. The average Bonchev–Trinajstić information content (AvgIpc) is 2.75. The van der Waals surface area contributed by atoms with Crippen molar-refractivity contribution in [1.82, 2.24) is 19.9 Å². The number of carbonyl (C=O) groups is 1. The van der Waals surface area contributed by atoms with Gasteiger partial charge in [0.05, 0.1) is 17.6 Å². The zero-order valence-electron chi connectivity index (χ0n) is 15.1. The van der Waals surface area contributed by atoms with Crippen molar-refractivity contribution in [3.05, 3.63) is 66.9 Å². The van der Waals surface area contributed by atoms with Crippen LogP contribution in [0.5, 0.6) is 0 Å². The number of rotatable bonds is 3. The Labute approximate surface area is 161 Å². The third-order valence-corrected chi connectivity index (χ3v) is 4.55. The van der Waals surface area contributed by atoms with Crippen LogP contribution in [0.15, 0.2) is 61.1 Å². The van der Waals surface area contributed by atoms with Gasteiger partial charge in [0.25, 0.3) is 0 Å². The Hall–Kier alpha value is -3.55. The molecule has 3 heterocycles. The summed E-state index contributed by atoms with van der Waals surface area (Å²) < 4.78 is 13.1. The average molecular weight is 378 g/mol. The number of benzene rings is 1. The summed E-state index contributed by atoms with van der Waals surface area (Å²) in [6.45, 7) is 2.40. The van der Waals surface area contributed by atoms with Gasteiger partial charge in [-0.3, -0.25) is 4.98 Å². The molecule has 3 aromatic rings. The van der Waals surface area contributed by atoms with E-state index in [9.17, 15) is 9.18 Å². The van der Waals surface area contributed by atoms with Crippen LogP contribution in [-0.2, 0) is 0 Å². The molecule has 0 spiro atoms. The predicted octanol–water partition coefficient (Wildman–Crippen LogP) is 3.03. The van der Waals surface area contributed by atoms with Gasteiger partial charge in [0.1, 0.15) is 5.82 Å². The van der Waals surface area contributed by atoms with Crippen molar-refractivity contribution in [2.24, 2.45) is 0 Å². The van der Waals surface area contributed by atoms with E-state index in [4.69, 9.17) is 0 Å². The number of carbonyl (C=O) groups excluding carboxylic acids is 1. The Balaban J connectivity index is 1.39. The van der Waals surface area contributed by atoms with Crippen molar-refractivity contribution in [2.75, 3.05) is 36.4 Å². The molecule has 1 aliphatic rings. The zero-order valence-corrected chi connectivity index (χ0v) is 15.1. The van der Waals surface area contributed by atoms with Gasteiger partial charge in [-0.15, -0.1) is 0 Å².